The van der Waals surface area contributed by atoms with Crippen LogP contribution in [0.1, 0.15) is 39.5 Å². The van der Waals surface area contributed by atoms with Gasteiger partial charge in [-0.1, -0.05) is 0 Å². The molecule has 2 heteroatoms. The van der Waals surface area contributed by atoms with Crippen LogP contribution in [0.15, 0.2) is 12.7 Å². The summed E-state index contributed by atoms with van der Waals surface area (Å²) in [5, 5.41) is 0. The van der Waals surface area contributed by atoms with E-state index in [9.17, 15) is 0 Å². The summed E-state index contributed by atoms with van der Waals surface area (Å²) >= 11 is -0.930. The Labute approximate surface area is 97.3 Å². The fraction of sp³-hybridized carbons (Fsp3) is 0.818. The van der Waals surface area contributed by atoms with E-state index in [2.05, 4.69) is 26.5 Å². The molecular formula is C11H23ClSn. The predicted molar refractivity (Wildman–Crippen MR) is 60.2 cm³/mol. The van der Waals surface area contributed by atoms with Crippen LogP contribution < -0.4 is 12.4 Å². The third-order valence-electron chi connectivity index (χ3n) is 2.20. The minimum absolute atomic E-state index is 0. The minimum atomic E-state index is -0.930. The fourth-order valence-electron chi connectivity index (χ4n) is 1.39. The molecule has 0 saturated heterocycles. The van der Waals surface area contributed by atoms with Crippen molar-refractivity contribution < 1.29 is 12.4 Å². The Morgan fingerprint density at radius 2 is 1.54 bits per heavy atom. The van der Waals surface area contributed by atoms with Gasteiger partial charge in [-0.2, -0.15) is 0 Å². The summed E-state index contributed by atoms with van der Waals surface area (Å²) in [6, 6.07) is 0. The first-order valence-corrected chi connectivity index (χ1v) is 11.3. The third-order valence-corrected chi connectivity index (χ3v) is 10.7. The maximum absolute atomic E-state index is 3.87. The molecular weight excluding hydrogens is 286 g/mol. The van der Waals surface area contributed by atoms with Crippen molar-refractivity contribution in [2.75, 3.05) is 0 Å². The molecule has 0 radical (unpaired) electrons. The second-order valence-corrected chi connectivity index (χ2v) is 11.8. The fourth-order valence-corrected chi connectivity index (χ4v) is 9.30. The van der Waals surface area contributed by atoms with E-state index in [4.69, 9.17) is 0 Å². The van der Waals surface area contributed by atoms with Gasteiger partial charge in [0.15, 0.2) is 0 Å². The van der Waals surface area contributed by atoms with Crippen LogP contribution in [0.25, 0.3) is 0 Å². The number of rotatable bonds is 8. The van der Waals surface area contributed by atoms with E-state index in [-0.39, 0.29) is 12.4 Å². The van der Waals surface area contributed by atoms with E-state index in [1.54, 1.807) is 8.87 Å². The number of hydrogen-bond acceptors (Lipinski definition) is 0. The van der Waals surface area contributed by atoms with Crippen LogP contribution in [0.5, 0.6) is 0 Å². The van der Waals surface area contributed by atoms with Crippen molar-refractivity contribution in [1.82, 2.24) is 0 Å². The van der Waals surface area contributed by atoms with Crippen molar-refractivity contribution in [1.29, 1.82) is 0 Å². The third kappa shape index (κ3) is 10.8. The average molecular weight is 309 g/mol. The molecule has 0 aliphatic carbocycles. The molecule has 78 valence electrons. The van der Waals surface area contributed by atoms with Gasteiger partial charge in [0.2, 0.25) is 0 Å². The molecule has 0 amide bonds. The van der Waals surface area contributed by atoms with Gasteiger partial charge >= 0.3 is 85.3 Å². The molecule has 0 N–H and O–H groups in total. The maximum atomic E-state index is 3.87. The zero-order valence-corrected chi connectivity index (χ0v) is 12.7. The molecule has 0 aromatic carbocycles. The molecule has 0 fully saturated rings. The van der Waals surface area contributed by atoms with Gasteiger partial charge in [-0.15, -0.1) is 0 Å². The Hall–Kier alpha value is 0.829. The molecule has 0 unspecified atom stereocenters. The summed E-state index contributed by atoms with van der Waals surface area (Å²) in [6.07, 6.45) is 7.89. The average Bonchev–Trinajstić information content (AvgIpc) is 2.10. The molecule has 13 heavy (non-hydrogen) atoms. The van der Waals surface area contributed by atoms with Crippen molar-refractivity contribution in [2.24, 2.45) is 0 Å². The van der Waals surface area contributed by atoms with Gasteiger partial charge in [-0.3, -0.25) is 0 Å². The van der Waals surface area contributed by atoms with E-state index < -0.39 is 19.8 Å². The number of allylic oxidation sites excluding steroid dienone is 1. The van der Waals surface area contributed by atoms with Crippen LogP contribution in [0.2, 0.25) is 13.3 Å². The van der Waals surface area contributed by atoms with Crippen LogP contribution in [-0.4, -0.2) is 19.8 Å². The molecule has 0 aliphatic heterocycles. The topological polar surface area (TPSA) is 0 Å². The first-order valence-electron chi connectivity index (χ1n) is 5.29. The van der Waals surface area contributed by atoms with Crippen LogP contribution >= 0.6 is 0 Å². The summed E-state index contributed by atoms with van der Waals surface area (Å²) in [4.78, 5) is 0. The van der Waals surface area contributed by atoms with E-state index in [1.165, 1.54) is 30.1 Å². The standard InChI is InChI=1S/2C4H9.C3H5.ClH.Sn/c2*1-3-4-2;1-3-2;;/h2*1,3-4H2,2H3;3H,1-2H2;1H;/q;;;;+1/p-1. The molecule has 0 aliphatic rings. The molecule has 0 heterocycles. The van der Waals surface area contributed by atoms with E-state index in [0.29, 0.717) is 0 Å². The normalized spacial score (nSPS) is 9.08. The number of hydrogen-bond donors (Lipinski definition) is 0. The first-order chi connectivity index (χ1) is 5.85. The van der Waals surface area contributed by atoms with Gasteiger partial charge in [-0.05, 0) is 0 Å². The summed E-state index contributed by atoms with van der Waals surface area (Å²) in [7, 11) is 0. The van der Waals surface area contributed by atoms with Gasteiger partial charge < -0.3 is 12.4 Å². The first kappa shape index (κ1) is 16.3. The van der Waals surface area contributed by atoms with Gasteiger partial charge in [-0.25, -0.2) is 0 Å². The Bertz CT molecular complexity index is 96.3. The monoisotopic (exact) mass is 310 g/mol. The summed E-state index contributed by atoms with van der Waals surface area (Å²) in [6.45, 7) is 8.47. The molecule has 0 rings (SSSR count). The van der Waals surface area contributed by atoms with Crippen molar-refractivity contribution in [2.45, 2.75) is 52.8 Å². The van der Waals surface area contributed by atoms with Crippen molar-refractivity contribution in [3.63, 3.8) is 0 Å². The van der Waals surface area contributed by atoms with E-state index in [0.717, 1.165) is 0 Å². The smallest absolute Gasteiger partial charge is 1.00 e. The van der Waals surface area contributed by atoms with Crippen LogP contribution in [0.4, 0.5) is 0 Å². The van der Waals surface area contributed by atoms with Gasteiger partial charge in [0.05, 0.1) is 0 Å². The molecule has 0 aromatic heterocycles. The van der Waals surface area contributed by atoms with Gasteiger partial charge in [0.25, 0.3) is 0 Å². The quantitative estimate of drug-likeness (QED) is 0.468. The van der Waals surface area contributed by atoms with E-state index in [1.807, 2.05) is 0 Å². The Balaban J connectivity index is 0. The maximum Gasteiger partial charge on any atom is -1.00 e. The zero-order chi connectivity index (χ0) is 9.23. The van der Waals surface area contributed by atoms with Crippen molar-refractivity contribution in [3.05, 3.63) is 12.7 Å². The summed E-state index contributed by atoms with van der Waals surface area (Å²) < 4.78 is 4.62. The molecule has 0 aromatic rings. The summed E-state index contributed by atoms with van der Waals surface area (Å²) in [5.41, 5.74) is 0. The van der Waals surface area contributed by atoms with Crippen molar-refractivity contribution >= 4 is 19.8 Å². The largest absolute Gasteiger partial charge is 1.00 e. The minimum Gasteiger partial charge on any atom is -1.00 e. The predicted octanol–water partition coefficient (Wildman–Crippen LogP) is 1.27. The Morgan fingerprint density at radius 1 is 1.08 bits per heavy atom. The van der Waals surface area contributed by atoms with Crippen molar-refractivity contribution in [3.8, 4) is 0 Å². The zero-order valence-electron chi connectivity index (χ0n) is 9.11. The Morgan fingerprint density at radius 3 is 1.85 bits per heavy atom. The second-order valence-electron chi connectivity index (χ2n) is 3.45. The molecule has 0 saturated carbocycles. The molecule has 0 nitrogen and oxygen atoms in total. The molecule has 0 atom stereocenters. The number of halogens is 1. The second kappa shape index (κ2) is 12.8. The van der Waals surface area contributed by atoms with Gasteiger partial charge in [0, 0.05) is 0 Å². The number of unbranched alkanes of at least 4 members (excludes halogenated alkanes) is 2. The SMILES string of the molecule is C=C[CH2][Sn+]([CH2]CCC)[CH2]CCC.[Cl-]. The van der Waals surface area contributed by atoms with Crippen LogP contribution in [-0.2, 0) is 0 Å². The van der Waals surface area contributed by atoms with Gasteiger partial charge in [0.1, 0.15) is 0 Å². The molecule has 0 bridgehead atoms. The van der Waals surface area contributed by atoms with Crippen LogP contribution in [0, 0.1) is 0 Å². The molecule has 0 spiro atoms. The van der Waals surface area contributed by atoms with E-state index >= 15 is 0 Å². The summed E-state index contributed by atoms with van der Waals surface area (Å²) in [5.74, 6) is 0. The van der Waals surface area contributed by atoms with Crippen LogP contribution in [0.3, 0.4) is 0 Å². The Kier molecular flexibility index (Phi) is 16.1.